The zero-order valence-corrected chi connectivity index (χ0v) is 11.4. The second-order valence-corrected chi connectivity index (χ2v) is 4.61. The van der Waals surface area contributed by atoms with E-state index in [1.807, 2.05) is 13.2 Å². The highest BCUT2D eigenvalue weighted by Crippen LogP contribution is 2.23. The maximum atomic E-state index is 10.9. The molecule has 1 aromatic rings. The molecule has 18 heavy (non-hydrogen) atoms. The number of nitrogens with zero attached hydrogens (tertiary/aromatic N) is 2. The van der Waals surface area contributed by atoms with E-state index in [-0.39, 0.29) is 5.69 Å². The SMILES string of the molecule is CCNc1ccc([N+](=O)[O-])c(NCCCSC)n1. The van der Waals surface area contributed by atoms with Crippen molar-refractivity contribution in [3.8, 4) is 0 Å². The molecule has 0 bridgehead atoms. The summed E-state index contributed by atoms with van der Waals surface area (Å²) in [4.78, 5) is 14.7. The van der Waals surface area contributed by atoms with E-state index in [0.717, 1.165) is 18.7 Å². The van der Waals surface area contributed by atoms with Crippen molar-refractivity contribution in [2.75, 3.05) is 35.7 Å². The van der Waals surface area contributed by atoms with Gasteiger partial charge in [0.15, 0.2) is 0 Å². The molecule has 0 amide bonds. The Morgan fingerprint density at radius 1 is 1.44 bits per heavy atom. The minimum absolute atomic E-state index is 0.0146. The largest absolute Gasteiger partial charge is 0.370 e. The summed E-state index contributed by atoms with van der Waals surface area (Å²) in [6, 6.07) is 3.09. The van der Waals surface area contributed by atoms with Crippen LogP contribution in [0.3, 0.4) is 0 Å². The fourth-order valence-corrected chi connectivity index (χ4v) is 1.87. The molecule has 0 aliphatic heterocycles. The van der Waals surface area contributed by atoms with Gasteiger partial charge in [-0.1, -0.05) is 0 Å². The first kappa shape index (κ1) is 14.6. The van der Waals surface area contributed by atoms with Crippen LogP contribution in [0, 0.1) is 10.1 Å². The highest BCUT2D eigenvalue weighted by atomic mass is 32.2. The smallest absolute Gasteiger partial charge is 0.311 e. The second kappa shape index (κ2) is 7.75. The van der Waals surface area contributed by atoms with Gasteiger partial charge in [-0.25, -0.2) is 4.98 Å². The van der Waals surface area contributed by atoms with Gasteiger partial charge in [-0.05, 0) is 31.4 Å². The highest BCUT2D eigenvalue weighted by molar-refractivity contribution is 7.98. The molecule has 0 aromatic carbocycles. The molecule has 1 rings (SSSR count). The molecule has 0 aliphatic rings. The van der Waals surface area contributed by atoms with Gasteiger partial charge in [-0.3, -0.25) is 10.1 Å². The van der Waals surface area contributed by atoms with E-state index in [4.69, 9.17) is 0 Å². The Labute approximate surface area is 111 Å². The Morgan fingerprint density at radius 3 is 2.83 bits per heavy atom. The number of aromatic nitrogens is 1. The van der Waals surface area contributed by atoms with Gasteiger partial charge in [-0.15, -0.1) is 0 Å². The fraction of sp³-hybridized carbons (Fsp3) is 0.545. The number of nitro groups is 1. The number of anilines is 2. The van der Waals surface area contributed by atoms with E-state index in [1.165, 1.54) is 6.07 Å². The first-order chi connectivity index (χ1) is 8.69. The van der Waals surface area contributed by atoms with Gasteiger partial charge in [-0.2, -0.15) is 11.8 Å². The van der Waals surface area contributed by atoms with Crippen molar-refractivity contribution >= 4 is 29.1 Å². The van der Waals surface area contributed by atoms with Crippen molar-refractivity contribution < 1.29 is 4.92 Å². The second-order valence-electron chi connectivity index (χ2n) is 3.62. The Bertz CT molecular complexity index is 401. The topological polar surface area (TPSA) is 80.1 Å². The number of rotatable bonds is 8. The molecule has 0 atom stereocenters. The van der Waals surface area contributed by atoms with E-state index in [9.17, 15) is 10.1 Å². The Hall–Kier alpha value is -1.50. The summed E-state index contributed by atoms with van der Waals surface area (Å²) in [5.41, 5.74) is 0.0146. The van der Waals surface area contributed by atoms with Crippen molar-refractivity contribution in [1.29, 1.82) is 0 Å². The summed E-state index contributed by atoms with van der Waals surface area (Å²) in [6.07, 6.45) is 2.98. The molecule has 0 unspecified atom stereocenters. The van der Waals surface area contributed by atoms with Crippen LogP contribution in [0.4, 0.5) is 17.3 Å². The van der Waals surface area contributed by atoms with Crippen LogP contribution in [0.25, 0.3) is 0 Å². The minimum Gasteiger partial charge on any atom is -0.370 e. The lowest BCUT2D eigenvalue weighted by molar-refractivity contribution is -0.384. The monoisotopic (exact) mass is 270 g/mol. The average Bonchev–Trinajstić information content (AvgIpc) is 2.35. The molecule has 1 heterocycles. The molecule has 6 nitrogen and oxygen atoms in total. The molecular formula is C11H18N4O2S. The third-order valence-electron chi connectivity index (χ3n) is 2.25. The van der Waals surface area contributed by atoms with Crippen molar-refractivity contribution in [3.05, 3.63) is 22.2 Å². The minimum atomic E-state index is -0.417. The Balaban J connectivity index is 2.76. The van der Waals surface area contributed by atoms with Crippen molar-refractivity contribution in [2.45, 2.75) is 13.3 Å². The fourth-order valence-electron chi connectivity index (χ4n) is 1.43. The number of hydrogen-bond acceptors (Lipinski definition) is 6. The summed E-state index contributed by atoms with van der Waals surface area (Å²) in [5.74, 6) is 2.00. The molecule has 0 fully saturated rings. The quantitative estimate of drug-likeness (QED) is 0.429. The molecule has 2 N–H and O–H groups in total. The number of nitrogens with one attached hydrogen (secondary N) is 2. The zero-order chi connectivity index (χ0) is 13.4. The maximum Gasteiger partial charge on any atom is 0.311 e. The van der Waals surface area contributed by atoms with Crippen LogP contribution in [0.2, 0.25) is 0 Å². The molecule has 100 valence electrons. The van der Waals surface area contributed by atoms with Gasteiger partial charge in [0.2, 0.25) is 5.82 Å². The Morgan fingerprint density at radius 2 is 2.22 bits per heavy atom. The van der Waals surface area contributed by atoms with Gasteiger partial charge in [0.1, 0.15) is 5.82 Å². The number of hydrogen-bond donors (Lipinski definition) is 2. The van der Waals surface area contributed by atoms with Gasteiger partial charge in [0.25, 0.3) is 0 Å². The van der Waals surface area contributed by atoms with Crippen LogP contribution >= 0.6 is 11.8 Å². The van der Waals surface area contributed by atoms with Gasteiger partial charge in [0.05, 0.1) is 4.92 Å². The number of pyridine rings is 1. The van der Waals surface area contributed by atoms with Gasteiger partial charge in [0, 0.05) is 19.2 Å². The van der Waals surface area contributed by atoms with Crippen LogP contribution in [0.1, 0.15) is 13.3 Å². The highest BCUT2D eigenvalue weighted by Gasteiger charge is 2.15. The van der Waals surface area contributed by atoms with Crippen LogP contribution in [-0.2, 0) is 0 Å². The van der Waals surface area contributed by atoms with E-state index in [2.05, 4.69) is 15.6 Å². The lowest BCUT2D eigenvalue weighted by atomic mass is 10.3. The molecule has 7 heteroatoms. The van der Waals surface area contributed by atoms with Gasteiger partial charge >= 0.3 is 5.69 Å². The summed E-state index contributed by atoms with van der Waals surface area (Å²) in [7, 11) is 0. The molecule has 0 saturated carbocycles. The molecule has 0 aliphatic carbocycles. The third-order valence-corrected chi connectivity index (χ3v) is 2.94. The predicted molar refractivity (Wildman–Crippen MR) is 76.5 cm³/mol. The zero-order valence-electron chi connectivity index (χ0n) is 10.6. The summed E-state index contributed by atoms with van der Waals surface area (Å²) >= 11 is 1.75. The van der Waals surface area contributed by atoms with Crippen LogP contribution in [0.5, 0.6) is 0 Å². The number of thioether (sulfide) groups is 1. The molecule has 1 aromatic heterocycles. The van der Waals surface area contributed by atoms with Crippen molar-refractivity contribution in [2.24, 2.45) is 0 Å². The van der Waals surface area contributed by atoms with Crippen LogP contribution in [-0.4, -0.2) is 35.0 Å². The Kier molecular flexibility index (Phi) is 6.27. The van der Waals surface area contributed by atoms with Crippen molar-refractivity contribution in [1.82, 2.24) is 4.98 Å². The first-order valence-electron chi connectivity index (χ1n) is 5.81. The lowest BCUT2D eigenvalue weighted by Gasteiger charge is -2.08. The first-order valence-corrected chi connectivity index (χ1v) is 7.20. The van der Waals surface area contributed by atoms with Crippen LogP contribution < -0.4 is 10.6 Å². The molecular weight excluding hydrogens is 252 g/mol. The lowest BCUT2D eigenvalue weighted by Crippen LogP contribution is -2.09. The summed E-state index contributed by atoms with van der Waals surface area (Å²) in [5, 5.41) is 16.9. The predicted octanol–water partition coefficient (Wildman–Crippen LogP) is 2.59. The maximum absolute atomic E-state index is 10.9. The van der Waals surface area contributed by atoms with Crippen LogP contribution in [0.15, 0.2) is 12.1 Å². The summed E-state index contributed by atoms with van der Waals surface area (Å²) < 4.78 is 0. The third kappa shape index (κ3) is 4.40. The van der Waals surface area contributed by atoms with E-state index in [0.29, 0.717) is 18.2 Å². The van der Waals surface area contributed by atoms with E-state index >= 15 is 0 Å². The standard InChI is InChI=1S/C11H18N4O2S/c1-3-12-10-6-5-9(15(16)17)11(14-10)13-7-4-8-18-2/h5-6H,3-4,7-8H2,1-2H3,(H2,12,13,14). The van der Waals surface area contributed by atoms with Gasteiger partial charge < -0.3 is 10.6 Å². The average molecular weight is 270 g/mol. The van der Waals surface area contributed by atoms with Crippen molar-refractivity contribution in [3.63, 3.8) is 0 Å². The van der Waals surface area contributed by atoms with E-state index < -0.39 is 4.92 Å². The molecule has 0 saturated heterocycles. The molecule has 0 spiro atoms. The summed E-state index contributed by atoms with van der Waals surface area (Å²) in [6.45, 7) is 3.37. The van der Waals surface area contributed by atoms with E-state index in [1.54, 1.807) is 17.8 Å². The molecule has 0 radical (unpaired) electrons. The normalized spacial score (nSPS) is 10.1.